The molecule has 0 heterocycles. The summed E-state index contributed by atoms with van der Waals surface area (Å²) >= 11 is 1.73. The lowest BCUT2D eigenvalue weighted by Crippen LogP contribution is -1.92. The van der Waals surface area contributed by atoms with E-state index in [9.17, 15) is 10.2 Å². The maximum Gasteiger partial charge on any atom is 0.119 e. The first-order chi connectivity index (χ1) is 12.0. The summed E-state index contributed by atoms with van der Waals surface area (Å²) in [5.41, 5.74) is 4.23. The Morgan fingerprint density at radius 3 is 1.48 bits per heavy atom. The van der Waals surface area contributed by atoms with E-state index in [1.807, 2.05) is 26.0 Å². The van der Waals surface area contributed by atoms with Crippen molar-refractivity contribution in [1.29, 1.82) is 0 Å². The van der Waals surface area contributed by atoms with Crippen LogP contribution in [0.4, 0.5) is 0 Å². The van der Waals surface area contributed by atoms with Gasteiger partial charge in [0.25, 0.3) is 0 Å². The molecule has 0 saturated carbocycles. The predicted molar refractivity (Wildman–Crippen MR) is 107 cm³/mol. The standard InChI is InChI=1S/C22H30O2S/c1-5-7-9-17-13-21(15(3)11-19(17)23)25-22-14-18(10-8-6-2)20(24)12-16(22)4/h11-14,23-24H,5-10H2,1-4H3. The number of aromatic hydroxyl groups is 2. The lowest BCUT2D eigenvalue weighted by molar-refractivity contribution is 0.465. The molecule has 2 aromatic carbocycles. The van der Waals surface area contributed by atoms with E-state index in [4.69, 9.17) is 0 Å². The molecule has 2 aromatic rings. The van der Waals surface area contributed by atoms with Crippen molar-refractivity contribution in [1.82, 2.24) is 0 Å². The fraction of sp³-hybridized carbons (Fsp3) is 0.455. The highest BCUT2D eigenvalue weighted by atomic mass is 32.2. The van der Waals surface area contributed by atoms with Gasteiger partial charge in [-0.05, 0) is 86.1 Å². The van der Waals surface area contributed by atoms with Crippen LogP contribution in [0.3, 0.4) is 0 Å². The van der Waals surface area contributed by atoms with Crippen LogP contribution in [0, 0.1) is 13.8 Å². The predicted octanol–water partition coefficient (Wildman–Crippen LogP) is 6.55. The number of hydrogen-bond donors (Lipinski definition) is 2. The molecule has 2 nitrogen and oxygen atoms in total. The Hall–Kier alpha value is -1.61. The quantitative estimate of drug-likeness (QED) is 0.562. The summed E-state index contributed by atoms with van der Waals surface area (Å²) in [7, 11) is 0. The third kappa shape index (κ3) is 5.18. The fourth-order valence-corrected chi connectivity index (χ4v) is 3.98. The van der Waals surface area contributed by atoms with Gasteiger partial charge in [-0.25, -0.2) is 0 Å². The van der Waals surface area contributed by atoms with Crippen LogP contribution >= 0.6 is 11.8 Å². The molecule has 0 aromatic heterocycles. The van der Waals surface area contributed by atoms with Crippen molar-refractivity contribution < 1.29 is 10.2 Å². The minimum atomic E-state index is 0.404. The third-order valence-corrected chi connectivity index (χ3v) is 5.89. The van der Waals surface area contributed by atoms with Crippen LogP contribution in [0.15, 0.2) is 34.1 Å². The summed E-state index contributed by atoms with van der Waals surface area (Å²) in [6.45, 7) is 8.41. The largest absolute Gasteiger partial charge is 0.508 e. The fourth-order valence-electron chi connectivity index (χ4n) is 2.90. The summed E-state index contributed by atoms with van der Waals surface area (Å²) in [5.74, 6) is 0.808. The Morgan fingerprint density at radius 1 is 0.720 bits per heavy atom. The highest BCUT2D eigenvalue weighted by Crippen LogP contribution is 2.38. The zero-order valence-electron chi connectivity index (χ0n) is 15.9. The van der Waals surface area contributed by atoms with E-state index in [2.05, 4.69) is 26.0 Å². The monoisotopic (exact) mass is 358 g/mol. The van der Waals surface area contributed by atoms with Crippen molar-refractivity contribution in [2.75, 3.05) is 0 Å². The second-order valence-electron chi connectivity index (χ2n) is 6.80. The van der Waals surface area contributed by atoms with Gasteiger partial charge in [0.1, 0.15) is 11.5 Å². The van der Waals surface area contributed by atoms with Gasteiger partial charge in [-0.2, -0.15) is 0 Å². The Bertz CT molecular complexity index is 661. The van der Waals surface area contributed by atoms with Crippen LogP contribution in [0.2, 0.25) is 0 Å². The van der Waals surface area contributed by atoms with Crippen molar-refractivity contribution in [3.05, 3.63) is 46.5 Å². The Labute approximate surface area is 156 Å². The summed E-state index contributed by atoms with van der Waals surface area (Å²) in [6, 6.07) is 8.01. The highest BCUT2D eigenvalue weighted by Gasteiger charge is 2.12. The molecule has 136 valence electrons. The zero-order chi connectivity index (χ0) is 18.4. The molecule has 0 bridgehead atoms. The summed E-state index contributed by atoms with van der Waals surface area (Å²) in [6.07, 6.45) is 6.22. The van der Waals surface area contributed by atoms with Gasteiger partial charge in [0.05, 0.1) is 0 Å². The zero-order valence-corrected chi connectivity index (χ0v) is 16.7. The van der Waals surface area contributed by atoms with Gasteiger partial charge in [-0.15, -0.1) is 0 Å². The van der Waals surface area contributed by atoms with Crippen molar-refractivity contribution in [3.8, 4) is 11.5 Å². The number of rotatable bonds is 8. The van der Waals surface area contributed by atoms with Gasteiger partial charge in [-0.1, -0.05) is 38.5 Å². The molecule has 3 heteroatoms. The number of phenolic OH excluding ortho intramolecular Hbond substituents is 2. The molecule has 0 aliphatic carbocycles. The Kier molecular flexibility index (Phi) is 7.24. The van der Waals surface area contributed by atoms with E-state index in [0.717, 1.165) is 60.8 Å². The molecule has 0 fully saturated rings. The van der Waals surface area contributed by atoms with Gasteiger partial charge >= 0.3 is 0 Å². The molecule has 25 heavy (non-hydrogen) atoms. The van der Waals surface area contributed by atoms with Gasteiger partial charge in [0.2, 0.25) is 0 Å². The normalized spacial score (nSPS) is 11.0. The molecule has 0 amide bonds. The van der Waals surface area contributed by atoms with E-state index < -0.39 is 0 Å². The number of aryl methyl sites for hydroxylation is 4. The number of phenols is 2. The first kappa shape index (κ1) is 19.7. The maximum atomic E-state index is 10.2. The van der Waals surface area contributed by atoms with Crippen LogP contribution in [0.5, 0.6) is 11.5 Å². The second-order valence-corrected chi connectivity index (χ2v) is 7.89. The Morgan fingerprint density at radius 2 is 1.12 bits per heavy atom. The molecular weight excluding hydrogens is 328 g/mol. The number of unbranched alkanes of at least 4 members (excludes halogenated alkanes) is 2. The maximum absolute atomic E-state index is 10.2. The van der Waals surface area contributed by atoms with Gasteiger partial charge in [0.15, 0.2) is 0 Å². The minimum Gasteiger partial charge on any atom is -0.508 e. The highest BCUT2D eigenvalue weighted by molar-refractivity contribution is 7.99. The smallest absolute Gasteiger partial charge is 0.119 e. The van der Waals surface area contributed by atoms with E-state index in [1.165, 1.54) is 9.79 Å². The minimum absolute atomic E-state index is 0.404. The van der Waals surface area contributed by atoms with Crippen LogP contribution in [0.1, 0.15) is 61.8 Å². The molecule has 0 aliphatic heterocycles. The van der Waals surface area contributed by atoms with Gasteiger partial charge < -0.3 is 10.2 Å². The first-order valence-corrected chi connectivity index (χ1v) is 10.1. The molecule has 0 spiro atoms. The van der Waals surface area contributed by atoms with Crippen LogP contribution in [-0.2, 0) is 12.8 Å². The van der Waals surface area contributed by atoms with Crippen molar-refractivity contribution in [2.45, 2.75) is 76.0 Å². The van der Waals surface area contributed by atoms with Crippen molar-refractivity contribution in [3.63, 3.8) is 0 Å². The molecule has 0 saturated heterocycles. The van der Waals surface area contributed by atoms with Crippen molar-refractivity contribution in [2.24, 2.45) is 0 Å². The summed E-state index contributed by atoms with van der Waals surface area (Å²) in [4.78, 5) is 2.36. The van der Waals surface area contributed by atoms with E-state index in [-0.39, 0.29) is 0 Å². The molecule has 2 rings (SSSR count). The lowest BCUT2D eigenvalue weighted by Gasteiger charge is -2.14. The van der Waals surface area contributed by atoms with Crippen LogP contribution < -0.4 is 0 Å². The van der Waals surface area contributed by atoms with Crippen LogP contribution in [-0.4, -0.2) is 10.2 Å². The van der Waals surface area contributed by atoms with Crippen LogP contribution in [0.25, 0.3) is 0 Å². The van der Waals surface area contributed by atoms with Gasteiger partial charge in [0, 0.05) is 9.79 Å². The van der Waals surface area contributed by atoms with E-state index in [1.54, 1.807) is 11.8 Å². The van der Waals surface area contributed by atoms with E-state index in [0.29, 0.717) is 11.5 Å². The molecular formula is C22H30O2S. The third-order valence-electron chi connectivity index (χ3n) is 4.57. The molecule has 0 unspecified atom stereocenters. The molecule has 0 atom stereocenters. The SMILES string of the molecule is CCCCc1cc(Sc2cc(CCCC)c(O)cc2C)c(C)cc1O. The molecule has 0 aliphatic rings. The molecule has 2 N–H and O–H groups in total. The number of benzene rings is 2. The second kappa shape index (κ2) is 9.19. The first-order valence-electron chi connectivity index (χ1n) is 9.29. The average molecular weight is 359 g/mol. The average Bonchev–Trinajstić information content (AvgIpc) is 2.57. The molecule has 0 radical (unpaired) electrons. The Balaban J connectivity index is 2.32. The van der Waals surface area contributed by atoms with Crippen molar-refractivity contribution >= 4 is 11.8 Å². The summed E-state index contributed by atoms with van der Waals surface area (Å²) in [5, 5.41) is 20.4. The number of hydrogen-bond acceptors (Lipinski definition) is 3. The lowest BCUT2D eigenvalue weighted by atomic mass is 10.1. The van der Waals surface area contributed by atoms with E-state index >= 15 is 0 Å². The topological polar surface area (TPSA) is 40.5 Å². The summed E-state index contributed by atoms with van der Waals surface area (Å²) < 4.78 is 0. The van der Waals surface area contributed by atoms with Gasteiger partial charge in [-0.3, -0.25) is 0 Å².